The topological polar surface area (TPSA) is 113 Å². The van der Waals surface area contributed by atoms with Gasteiger partial charge in [0, 0.05) is 18.3 Å². The molecular weight excluding hydrogens is 352 g/mol. The number of amides is 3. The number of anilines is 1. The molecule has 1 aliphatic heterocycles. The molecule has 0 aliphatic carbocycles. The lowest BCUT2D eigenvalue weighted by molar-refractivity contribution is -0.139. The van der Waals surface area contributed by atoms with Gasteiger partial charge in [-0.05, 0) is 48.9 Å². The number of aliphatic carboxylic acids is 1. The standard InChI is InChI=1S/C19H16N2O6/c1-10-7-12(27-9-16(22)23)4-6-15(10)20-17(24)11-3-5-13-14(8-11)19(26)21(2)18(13)25/h3-8H,9H2,1-2H3,(H,20,24)(H,22,23). The zero-order valence-corrected chi connectivity index (χ0v) is 14.6. The summed E-state index contributed by atoms with van der Waals surface area (Å²) in [6.45, 7) is 1.28. The van der Waals surface area contributed by atoms with E-state index >= 15 is 0 Å². The average molecular weight is 368 g/mol. The van der Waals surface area contributed by atoms with Crippen molar-refractivity contribution in [2.45, 2.75) is 6.92 Å². The first-order valence-electron chi connectivity index (χ1n) is 8.01. The van der Waals surface area contributed by atoms with Crippen LogP contribution in [0.5, 0.6) is 5.75 Å². The third-order valence-corrected chi connectivity index (χ3v) is 4.16. The Bertz CT molecular complexity index is 982. The fraction of sp³-hybridized carbons (Fsp3) is 0.158. The molecule has 27 heavy (non-hydrogen) atoms. The number of carboxylic acid groups (broad SMARTS) is 1. The van der Waals surface area contributed by atoms with Crippen molar-refractivity contribution >= 4 is 29.4 Å². The maximum Gasteiger partial charge on any atom is 0.341 e. The van der Waals surface area contributed by atoms with Crippen LogP contribution < -0.4 is 10.1 Å². The highest BCUT2D eigenvalue weighted by Crippen LogP contribution is 2.25. The number of carbonyl (C=O) groups is 4. The number of hydrogen-bond acceptors (Lipinski definition) is 5. The summed E-state index contributed by atoms with van der Waals surface area (Å²) in [4.78, 5) is 48.0. The number of imide groups is 1. The number of fused-ring (bicyclic) bond motifs is 1. The third-order valence-electron chi connectivity index (χ3n) is 4.16. The molecule has 138 valence electrons. The van der Waals surface area contributed by atoms with Crippen molar-refractivity contribution in [1.29, 1.82) is 0 Å². The zero-order chi connectivity index (χ0) is 19.7. The first kappa shape index (κ1) is 18.1. The van der Waals surface area contributed by atoms with E-state index in [9.17, 15) is 19.2 Å². The van der Waals surface area contributed by atoms with E-state index in [1.165, 1.54) is 25.2 Å². The molecule has 3 rings (SSSR count). The molecule has 2 aromatic carbocycles. The second-order valence-corrected chi connectivity index (χ2v) is 6.04. The van der Waals surface area contributed by atoms with Crippen LogP contribution in [0.1, 0.15) is 36.6 Å². The molecule has 2 aromatic rings. The minimum atomic E-state index is -1.08. The molecule has 0 bridgehead atoms. The van der Waals surface area contributed by atoms with Crippen molar-refractivity contribution in [3.63, 3.8) is 0 Å². The number of carboxylic acids is 1. The molecule has 8 heteroatoms. The van der Waals surface area contributed by atoms with Gasteiger partial charge in [-0.15, -0.1) is 0 Å². The van der Waals surface area contributed by atoms with E-state index in [0.717, 1.165) is 4.90 Å². The summed E-state index contributed by atoms with van der Waals surface area (Å²) < 4.78 is 5.09. The van der Waals surface area contributed by atoms with Gasteiger partial charge in [-0.1, -0.05) is 0 Å². The first-order chi connectivity index (χ1) is 12.8. The molecule has 0 radical (unpaired) electrons. The zero-order valence-electron chi connectivity index (χ0n) is 14.6. The molecule has 0 unspecified atom stereocenters. The van der Waals surface area contributed by atoms with Crippen LogP contribution in [0.15, 0.2) is 36.4 Å². The number of nitrogens with one attached hydrogen (secondary N) is 1. The normalized spacial score (nSPS) is 12.7. The summed E-state index contributed by atoms with van der Waals surface area (Å²) in [5.41, 5.74) is 1.91. The SMILES string of the molecule is Cc1cc(OCC(=O)O)ccc1NC(=O)c1ccc2c(c1)C(=O)N(C)C2=O. The van der Waals surface area contributed by atoms with E-state index in [0.29, 0.717) is 17.0 Å². The summed E-state index contributed by atoms with van der Waals surface area (Å²) in [5.74, 6) is -1.98. The van der Waals surface area contributed by atoms with E-state index in [-0.39, 0.29) is 16.7 Å². The third kappa shape index (κ3) is 3.50. The largest absolute Gasteiger partial charge is 0.482 e. The molecule has 0 saturated heterocycles. The molecule has 0 fully saturated rings. The van der Waals surface area contributed by atoms with Gasteiger partial charge in [0.25, 0.3) is 17.7 Å². The van der Waals surface area contributed by atoms with Crippen molar-refractivity contribution in [2.24, 2.45) is 0 Å². The van der Waals surface area contributed by atoms with Crippen molar-refractivity contribution in [2.75, 3.05) is 19.0 Å². The number of nitrogens with zero attached hydrogens (tertiary/aromatic N) is 1. The highest BCUT2D eigenvalue weighted by molar-refractivity contribution is 6.22. The van der Waals surface area contributed by atoms with Gasteiger partial charge < -0.3 is 15.2 Å². The highest BCUT2D eigenvalue weighted by atomic mass is 16.5. The van der Waals surface area contributed by atoms with Gasteiger partial charge in [-0.25, -0.2) is 4.79 Å². The van der Waals surface area contributed by atoms with Gasteiger partial charge in [0.1, 0.15) is 5.75 Å². The van der Waals surface area contributed by atoms with Crippen LogP contribution in [0.25, 0.3) is 0 Å². The number of aryl methyl sites for hydroxylation is 1. The van der Waals surface area contributed by atoms with Crippen molar-refractivity contribution in [3.8, 4) is 5.75 Å². The molecule has 0 saturated carbocycles. The van der Waals surface area contributed by atoms with Gasteiger partial charge in [-0.2, -0.15) is 0 Å². The lowest BCUT2D eigenvalue weighted by atomic mass is 10.0. The Balaban J connectivity index is 1.78. The van der Waals surface area contributed by atoms with E-state index in [4.69, 9.17) is 9.84 Å². The maximum atomic E-state index is 12.5. The molecule has 1 aliphatic rings. The lowest BCUT2D eigenvalue weighted by Gasteiger charge is -2.11. The second kappa shape index (κ2) is 6.91. The second-order valence-electron chi connectivity index (χ2n) is 6.04. The van der Waals surface area contributed by atoms with Gasteiger partial charge in [-0.3, -0.25) is 19.3 Å². The fourth-order valence-electron chi connectivity index (χ4n) is 2.71. The molecule has 0 spiro atoms. The van der Waals surface area contributed by atoms with Crippen molar-refractivity contribution in [1.82, 2.24) is 4.90 Å². The first-order valence-corrected chi connectivity index (χ1v) is 8.01. The van der Waals surface area contributed by atoms with Gasteiger partial charge in [0.15, 0.2) is 6.61 Å². The van der Waals surface area contributed by atoms with Crippen LogP contribution in [-0.4, -0.2) is 47.4 Å². The predicted molar refractivity (Wildman–Crippen MR) is 95.1 cm³/mol. The highest BCUT2D eigenvalue weighted by Gasteiger charge is 2.33. The minimum Gasteiger partial charge on any atom is -0.482 e. The number of carbonyl (C=O) groups excluding carboxylic acids is 3. The van der Waals surface area contributed by atoms with Gasteiger partial charge in [0.05, 0.1) is 11.1 Å². The Labute approximate surface area is 154 Å². The summed E-state index contributed by atoms with van der Waals surface area (Å²) in [5, 5.41) is 11.4. The Kier molecular flexibility index (Phi) is 4.64. The molecular formula is C19H16N2O6. The van der Waals surface area contributed by atoms with Crippen LogP contribution in [-0.2, 0) is 4.79 Å². The summed E-state index contributed by atoms with van der Waals surface area (Å²) in [7, 11) is 1.39. The van der Waals surface area contributed by atoms with Gasteiger partial charge >= 0.3 is 5.97 Å². The van der Waals surface area contributed by atoms with E-state index < -0.39 is 30.3 Å². The van der Waals surface area contributed by atoms with Crippen molar-refractivity contribution in [3.05, 3.63) is 58.7 Å². The molecule has 2 N–H and O–H groups in total. The number of ether oxygens (including phenoxy) is 1. The average Bonchev–Trinajstić information content (AvgIpc) is 2.86. The summed E-state index contributed by atoms with van der Waals surface area (Å²) in [6.07, 6.45) is 0. The van der Waals surface area contributed by atoms with E-state index in [1.54, 1.807) is 25.1 Å². The molecule has 1 heterocycles. The minimum absolute atomic E-state index is 0.198. The fourth-order valence-corrected chi connectivity index (χ4v) is 2.71. The van der Waals surface area contributed by atoms with Crippen molar-refractivity contribution < 1.29 is 29.0 Å². The maximum absolute atomic E-state index is 12.5. The predicted octanol–water partition coefficient (Wildman–Crippen LogP) is 1.94. The van der Waals surface area contributed by atoms with Crippen LogP contribution in [0, 0.1) is 6.92 Å². The quantitative estimate of drug-likeness (QED) is 0.780. The Morgan fingerprint density at radius 1 is 1.07 bits per heavy atom. The van der Waals surface area contributed by atoms with Gasteiger partial charge in [0.2, 0.25) is 0 Å². The number of benzene rings is 2. The molecule has 3 amide bonds. The van der Waals surface area contributed by atoms with Crippen LogP contribution in [0.4, 0.5) is 5.69 Å². The summed E-state index contributed by atoms with van der Waals surface area (Å²) >= 11 is 0. The lowest BCUT2D eigenvalue weighted by Crippen LogP contribution is -2.24. The summed E-state index contributed by atoms with van der Waals surface area (Å²) in [6, 6.07) is 9.10. The smallest absolute Gasteiger partial charge is 0.341 e. The number of hydrogen-bond donors (Lipinski definition) is 2. The number of rotatable bonds is 5. The Morgan fingerprint density at radius 3 is 2.44 bits per heavy atom. The Hall–Kier alpha value is -3.68. The molecule has 0 atom stereocenters. The molecule has 8 nitrogen and oxygen atoms in total. The van der Waals surface area contributed by atoms with E-state index in [2.05, 4.69) is 5.32 Å². The molecule has 0 aromatic heterocycles. The van der Waals surface area contributed by atoms with Crippen LogP contribution in [0.3, 0.4) is 0 Å². The van der Waals surface area contributed by atoms with Crippen LogP contribution in [0.2, 0.25) is 0 Å². The monoisotopic (exact) mass is 368 g/mol. The van der Waals surface area contributed by atoms with Crippen LogP contribution >= 0.6 is 0 Å². The Morgan fingerprint density at radius 2 is 1.78 bits per heavy atom. The van der Waals surface area contributed by atoms with E-state index in [1.807, 2.05) is 0 Å².